The zero-order valence-electron chi connectivity index (χ0n) is 11.8. The molecule has 0 fully saturated rings. The Morgan fingerprint density at radius 2 is 2.30 bits per heavy atom. The average molecular weight is 273 g/mol. The highest BCUT2D eigenvalue weighted by atomic mass is 16.1. The summed E-state index contributed by atoms with van der Waals surface area (Å²) in [4.78, 5) is 19.8. The summed E-state index contributed by atoms with van der Waals surface area (Å²) in [6.07, 6.45) is 5.25. The first-order valence-corrected chi connectivity index (χ1v) is 6.87. The molecule has 1 aliphatic heterocycles. The van der Waals surface area contributed by atoms with Crippen LogP contribution in [0, 0.1) is 5.41 Å². The zero-order chi connectivity index (χ0) is 14.2. The molecule has 2 N–H and O–H groups in total. The van der Waals surface area contributed by atoms with E-state index in [1.165, 1.54) is 0 Å². The number of nitrogens with one attached hydrogen (secondary N) is 2. The van der Waals surface area contributed by atoms with E-state index in [4.69, 9.17) is 0 Å². The topological polar surface area (TPSA) is 75.6 Å². The van der Waals surface area contributed by atoms with Crippen LogP contribution in [0.15, 0.2) is 18.5 Å². The number of fused-ring (bicyclic) bond motifs is 1. The fourth-order valence-corrected chi connectivity index (χ4v) is 2.50. The molecule has 0 radical (unpaired) electrons. The molecule has 20 heavy (non-hydrogen) atoms. The second-order valence-corrected chi connectivity index (χ2v) is 6.05. The van der Waals surface area contributed by atoms with Gasteiger partial charge in [0.05, 0.1) is 0 Å². The minimum absolute atomic E-state index is 0.0483. The van der Waals surface area contributed by atoms with Gasteiger partial charge in [0.15, 0.2) is 0 Å². The Balaban J connectivity index is 1.79. The number of carbonyl (C=O) groups is 1. The maximum Gasteiger partial charge on any atom is 0.271 e. The van der Waals surface area contributed by atoms with Gasteiger partial charge in [-0.3, -0.25) is 9.48 Å². The maximum atomic E-state index is 12.0. The quantitative estimate of drug-likeness (QED) is 0.881. The van der Waals surface area contributed by atoms with Crippen molar-refractivity contribution in [2.24, 2.45) is 5.41 Å². The number of imidazole rings is 1. The lowest BCUT2D eigenvalue weighted by atomic mass is 9.88. The second kappa shape index (κ2) is 4.77. The Morgan fingerprint density at radius 3 is 3.05 bits per heavy atom. The van der Waals surface area contributed by atoms with Gasteiger partial charge in [0, 0.05) is 37.6 Å². The van der Waals surface area contributed by atoms with Gasteiger partial charge in [-0.25, -0.2) is 4.98 Å². The third-order valence-corrected chi connectivity index (χ3v) is 3.56. The second-order valence-electron chi connectivity index (χ2n) is 6.05. The SMILES string of the molecule is CC1(C)CNC(=O)c2nc(CCn3cccn3)[nH]c2C1. The van der Waals surface area contributed by atoms with E-state index in [1.807, 2.05) is 16.9 Å². The first-order valence-electron chi connectivity index (χ1n) is 6.87. The molecular weight excluding hydrogens is 254 g/mol. The molecule has 0 aromatic carbocycles. The third kappa shape index (κ3) is 2.59. The molecule has 2 aromatic rings. The normalized spacial score (nSPS) is 17.4. The summed E-state index contributed by atoms with van der Waals surface area (Å²) < 4.78 is 1.86. The van der Waals surface area contributed by atoms with Crippen LogP contribution < -0.4 is 5.32 Å². The average Bonchev–Trinajstić information content (AvgIpc) is 3.00. The number of aryl methyl sites for hydroxylation is 2. The summed E-state index contributed by atoms with van der Waals surface area (Å²) >= 11 is 0. The van der Waals surface area contributed by atoms with E-state index in [0.717, 1.165) is 30.9 Å². The molecule has 0 unspecified atom stereocenters. The molecular formula is C14H19N5O. The number of aromatic amines is 1. The number of aromatic nitrogens is 4. The molecule has 1 aliphatic rings. The zero-order valence-corrected chi connectivity index (χ0v) is 11.8. The molecule has 0 saturated heterocycles. The van der Waals surface area contributed by atoms with Gasteiger partial charge in [0.1, 0.15) is 11.5 Å². The van der Waals surface area contributed by atoms with Crippen LogP contribution in [0.2, 0.25) is 0 Å². The molecule has 6 nitrogen and oxygen atoms in total. The van der Waals surface area contributed by atoms with Crippen LogP contribution in [0.4, 0.5) is 0 Å². The van der Waals surface area contributed by atoms with E-state index in [2.05, 4.69) is 34.2 Å². The molecule has 0 atom stereocenters. The standard InChI is InChI=1S/C14H19N5O/c1-14(2)8-10-12(13(20)15-9-14)18-11(17-10)4-7-19-6-3-5-16-19/h3,5-6H,4,7-9H2,1-2H3,(H,15,20)(H,17,18). The predicted octanol–water partition coefficient (Wildman–Crippen LogP) is 1.16. The largest absolute Gasteiger partial charge is 0.350 e. The van der Waals surface area contributed by atoms with Gasteiger partial charge < -0.3 is 10.3 Å². The lowest BCUT2D eigenvalue weighted by Gasteiger charge is -2.21. The molecule has 2 aromatic heterocycles. The van der Waals surface area contributed by atoms with E-state index >= 15 is 0 Å². The number of H-pyrrole nitrogens is 1. The fraction of sp³-hybridized carbons (Fsp3) is 0.500. The van der Waals surface area contributed by atoms with Crippen LogP contribution in [0.1, 0.15) is 35.9 Å². The summed E-state index contributed by atoms with van der Waals surface area (Å²) in [5, 5.41) is 7.10. The number of amides is 1. The van der Waals surface area contributed by atoms with Crippen LogP contribution in [0.3, 0.4) is 0 Å². The highest BCUT2D eigenvalue weighted by Crippen LogP contribution is 2.25. The Labute approximate surface area is 117 Å². The van der Waals surface area contributed by atoms with Crippen molar-refractivity contribution in [3.63, 3.8) is 0 Å². The van der Waals surface area contributed by atoms with Crippen LogP contribution in [-0.4, -0.2) is 32.2 Å². The molecule has 0 bridgehead atoms. The van der Waals surface area contributed by atoms with Gasteiger partial charge >= 0.3 is 0 Å². The molecule has 3 rings (SSSR count). The number of nitrogens with zero attached hydrogens (tertiary/aromatic N) is 3. The number of hydrogen-bond donors (Lipinski definition) is 2. The van der Waals surface area contributed by atoms with Crippen molar-refractivity contribution in [2.45, 2.75) is 33.2 Å². The third-order valence-electron chi connectivity index (χ3n) is 3.56. The summed E-state index contributed by atoms with van der Waals surface area (Å²) in [7, 11) is 0. The predicted molar refractivity (Wildman–Crippen MR) is 74.3 cm³/mol. The first kappa shape index (κ1) is 12.9. The van der Waals surface area contributed by atoms with Crippen molar-refractivity contribution in [3.8, 4) is 0 Å². The monoisotopic (exact) mass is 273 g/mol. The fourth-order valence-electron chi connectivity index (χ4n) is 2.50. The molecule has 0 saturated carbocycles. The van der Waals surface area contributed by atoms with Gasteiger partial charge in [-0.05, 0) is 17.9 Å². The van der Waals surface area contributed by atoms with Crippen molar-refractivity contribution in [2.75, 3.05) is 6.54 Å². The smallest absolute Gasteiger partial charge is 0.271 e. The van der Waals surface area contributed by atoms with Crippen molar-refractivity contribution >= 4 is 5.91 Å². The summed E-state index contributed by atoms with van der Waals surface area (Å²) in [5.41, 5.74) is 1.54. The minimum atomic E-state index is -0.0767. The number of rotatable bonds is 3. The van der Waals surface area contributed by atoms with Crippen LogP contribution in [0.5, 0.6) is 0 Å². The molecule has 0 spiro atoms. The maximum absolute atomic E-state index is 12.0. The number of carbonyl (C=O) groups excluding carboxylic acids is 1. The molecule has 1 amide bonds. The van der Waals surface area contributed by atoms with Crippen LogP contribution in [0.25, 0.3) is 0 Å². The number of hydrogen-bond acceptors (Lipinski definition) is 3. The van der Waals surface area contributed by atoms with Gasteiger partial charge in [-0.1, -0.05) is 13.8 Å². The van der Waals surface area contributed by atoms with Crippen molar-refractivity contribution in [1.82, 2.24) is 25.1 Å². The van der Waals surface area contributed by atoms with Crippen LogP contribution >= 0.6 is 0 Å². The Morgan fingerprint density at radius 1 is 1.45 bits per heavy atom. The lowest BCUT2D eigenvalue weighted by molar-refractivity contribution is 0.0940. The van der Waals surface area contributed by atoms with Crippen molar-refractivity contribution in [3.05, 3.63) is 35.7 Å². The van der Waals surface area contributed by atoms with Gasteiger partial charge in [-0.15, -0.1) is 0 Å². The van der Waals surface area contributed by atoms with Gasteiger partial charge in [-0.2, -0.15) is 5.10 Å². The Hall–Kier alpha value is -2.11. The molecule has 6 heteroatoms. The molecule has 106 valence electrons. The Kier molecular flexibility index (Phi) is 3.08. The van der Waals surface area contributed by atoms with E-state index in [0.29, 0.717) is 12.2 Å². The highest BCUT2D eigenvalue weighted by Gasteiger charge is 2.29. The van der Waals surface area contributed by atoms with Crippen LogP contribution in [-0.2, 0) is 19.4 Å². The molecule has 3 heterocycles. The van der Waals surface area contributed by atoms with E-state index in [1.54, 1.807) is 6.20 Å². The van der Waals surface area contributed by atoms with E-state index in [-0.39, 0.29) is 11.3 Å². The highest BCUT2D eigenvalue weighted by molar-refractivity contribution is 5.93. The van der Waals surface area contributed by atoms with Gasteiger partial charge in [0.2, 0.25) is 0 Å². The van der Waals surface area contributed by atoms with E-state index < -0.39 is 0 Å². The summed E-state index contributed by atoms with van der Waals surface area (Å²) in [6, 6.07) is 1.90. The minimum Gasteiger partial charge on any atom is -0.350 e. The first-order chi connectivity index (χ1) is 9.53. The lowest BCUT2D eigenvalue weighted by Crippen LogP contribution is -2.32. The summed E-state index contributed by atoms with van der Waals surface area (Å²) in [5.74, 6) is 0.769. The molecule has 0 aliphatic carbocycles. The van der Waals surface area contributed by atoms with Crippen molar-refractivity contribution < 1.29 is 4.79 Å². The van der Waals surface area contributed by atoms with E-state index in [9.17, 15) is 4.79 Å². The summed E-state index contributed by atoms with van der Waals surface area (Å²) in [6.45, 7) is 5.72. The Bertz CT molecular complexity index is 612. The van der Waals surface area contributed by atoms with Gasteiger partial charge in [0.25, 0.3) is 5.91 Å². The van der Waals surface area contributed by atoms with Crippen molar-refractivity contribution in [1.29, 1.82) is 0 Å².